The van der Waals surface area contributed by atoms with E-state index in [1.54, 1.807) is 11.9 Å². The maximum absolute atomic E-state index is 10.2. The molecule has 1 radical (unpaired) electrons. The SMILES string of the molecule is CCCCCCCCCCCCN(C)[C]=O. The van der Waals surface area contributed by atoms with Crippen LogP contribution in [0.15, 0.2) is 0 Å². The van der Waals surface area contributed by atoms with Gasteiger partial charge in [0, 0.05) is 13.6 Å². The Kier molecular flexibility index (Phi) is 12.1. The van der Waals surface area contributed by atoms with Crippen molar-refractivity contribution in [3.05, 3.63) is 0 Å². The predicted molar refractivity (Wildman–Crippen MR) is 70.2 cm³/mol. The number of hydrogen-bond donors (Lipinski definition) is 0. The van der Waals surface area contributed by atoms with Gasteiger partial charge in [0.1, 0.15) is 0 Å². The summed E-state index contributed by atoms with van der Waals surface area (Å²) in [7, 11) is 1.79. The van der Waals surface area contributed by atoms with Gasteiger partial charge >= 0.3 is 6.41 Å². The molecule has 0 heterocycles. The Labute approximate surface area is 101 Å². The molecule has 1 amide bonds. The maximum Gasteiger partial charge on any atom is 0.311 e. The summed E-state index contributed by atoms with van der Waals surface area (Å²) in [5, 5.41) is 0. The molecule has 0 fully saturated rings. The number of unbranched alkanes of at least 4 members (excludes halogenated alkanes) is 9. The second-order valence-corrected chi connectivity index (χ2v) is 4.69. The van der Waals surface area contributed by atoms with E-state index < -0.39 is 0 Å². The Hall–Kier alpha value is -0.530. The molecule has 16 heavy (non-hydrogen) atoms. The largest absolute Gasteiger partial charge is 0.338 e. The van der Waals surface area contributed by atoms with Crippen LogP contribution in [-0.2, 0) is 4.79 Å². The van der Waals surface area contributed by atoms with Gasteiger partial charge in [-0.15, -0.1) is 0 Å². The molecule has 0 aromatic heterocycles. The molecular formula is C14H28NO. The van der Waals surface area contributed by atoms with E-state index >= 15 is 0 Å². The van der Waals surface area contributed by atoms with E-state index in [0.29, 0.717) is 0 Å². The number of hydrogen-bond acceptors (Lipinski definition) is 1. The first-order valence-electron chi connectivity index (χ1n) is 6.90. The number of nitrogens with zero attached hydrogens (tertiary/aromatic N) is 1. The first-order valence-corrected chi connectivity index (χ1v) is 6.90. The highest BCUT2D eigenvalue weighted by atomic mass is 16.1. The molecule has 0 aliphatic heterocycles. The average Bonchev–Trinajstić information content (AvgIpc) is 2.31. The highest BCUT2D eigenvalue weighted by Crippen LogP contribution is 2.10. The van der Waals surface area contributed by atoms with Crippen molar-refractivity contribution in [2.24, 2.45) is 0 Å². The van der Waals surface area contributed by atoms with E-state index in [9.17, 15) is 4.79 Å². The topological polar surface area (TPSA) is 20.3 Å². The lowest BCUT2D eigenvalue weighted by Gasteiger charge is -2.08. The molecule has 0 spiro atoms. The normalized spacial score (nSPS) is 10.4. The highest BCUT2D eigenvalue weighted by Gasteiger charge is 1.95. The Morgan fingerprint density at radius 1 is 0.812 bits per heavy atom. The summed E-state index contributed by atoms with van der Waals surface area (Å²) >= 11 is 0. The van der Waals surface area contributed by atoms with Gasteiger partial charge in [0.2, 0.25) is 0 Å². The fraction of sp³-hybridized carbons (Fsp3) is 0.929. The molecule has 2 heteroatoms. The number of amides is 1. The van der Waals surface area contributed by atoms with E-state index in [1.165, 1.54) is 57.8 Å². The minimum atomic E-state index is 0.861. The van der Waals surface area contributed by atoms with Gasteiger partial charge in [-0.1, -0.05) is 64.7 Å². The van der Waals surface area contributed by atoms with Crippen molar-refractivity contribution >= 4 is 6.41 Å². The van der Waals surface area contributed by atoms with Crippen LogP contribution in [0.25, 0.3) is 0 Å². The van der Waals surface area contributed by atoms with Crippen LogP contribution in [0.3, 0.4) is 0 Å². The maximum atomic E-state index is 10.2. The van der Waals surface area contributed by atoms with Gasteiger partial charge in [-0.25, -0.2) is 0 Å². The van der Waals surface area contributed by atoms with Crippen LogP contribution >= 0.6 is 0 Å². The van der Waals surface area contributed by atoms with Gasteiger partial charge in [-0.05, 0) is 6.42 Å². The van der Waals surface area contributed by atoms with Gasteiger partial charge in [-0.2, -0.15) is 0 Å². The van der Waals surface area contributed by atoms with E-state index in [1.807, 2.05) is 6.41 Å². The van der Waals surface area contributed by atoms with Gasteiger partial charge in [0.25, 0.3) is 0 Å². The van der Waals surface area contributed by atoms with Crippen molar-refractivity contribution in [2.75, 3.05) is 13.6 Å². The fourth-order valence-corrected chi connectivity index (χ4v) is 1.88. The average molecular weight is 226 g/mol. The molecule has 0 aromatic rings. The Bertz CT molecular complexity index is 148. The lowest BCUT2D eigenvalue weighted by molar-refractivity contribution is 0.418. The van der Waals surface area contributed by atoms with Crippen molar-refractivity contribution in [3.63, 3.8) is 0 Å². The zero-order valence-corrected chi connectivity index (χ0v) is 11.1. The molecule has 0 unspecified atom stereocenters. The third-order valence-electron chi connectivity index (χ3n) is 3.00. The Balaban J connectivity index is 2.96. The van der Waals surface area contributed by atoms with Crippen LogP contribution < -0.4 is 0 Å². The summed E-state index contributed by atoms with van der Waals surface area (Å²) in [6.45, 7) is 3.12. The molecule has 0 N–H and O–H groups in total. The summed E-state index contributed by atoms with van der Waals surface area (Å²) in [5.74, 6) is 0. The smallest absolute Gasteiger partial charge is 0.311 e. The van der Waals surface area contributed by atoms with Crippen molar-refractivity contribution in [3.8, 4) is 0 Å². The minimum Gasteiger partial charge on any atom is -0.338 e. The fourth-order valence-electron chi connectivity index (χ4n) is 1.88. The van der Waals surface area contributed by atoms with Gasteiger partial charge < -0.3 is 4.90 Å². The minimum absolute atomic E-state index is 0.861. The molecule has 0 aliphatic rings. The molecule has 0 aliphatic carbocycles. The third kappa shape index (κ3) is 11.5. The predicted octanol–water partition coefficient (Wildman–Crippen LogP) is 3.91. The van der Waals surface area contributed by atoms with E-state index in [4.69, 9.17) is 0 Å². The van der Waals surface area contributed by atoms with Gasteiger partial charge in [0.15, 0.2) is 0 Å². The summed E-state index contributed by atoms with van der Waals surface area (Å²) in [6, 6.07) is 0. The summed E-state index contributed by atoms with van der Waals surface area (Å²) < 4.78 is 0. The monoisotopic (exact) mass is 226 g/mol. The van der Waals surface area contributed by atoms with Crippen LogP contribution in [0.5, 0.6) is 0 Å². The van der Waals surface area contributed by atoms with Gasteiger partial charge in [0.05, 0.1) is 0 Å². The van der Waals surface area contributed by atoms with Crippen LogP contribution in [0.2, 0.25) is 0 Å². The second-order valence-electron chi connectivity index (χ2n) is 4.69. The van der Waals surface area contributed by atoms with Gasteiger partial charge in [-0.3, -0.25) is 4.79 Å². The molecule has 0 rings (SSSR count). The van der Waals surface area contributed by atoms with Crippen LogP contribution in [0, 0.1) is 0 Å². The molecule has 0 saturated heterocycles. The summed E-state index contributed by atoms with van der Waals surface area (Å²) in [4.78, 5) is 11.8. The molecule has 95 valence electrons. The highest BCUT2D eigenvalue weighted by molar-refractivity contribution is 5.47. The second kappa shape index (κ2) is 12.5. The molecule has 0 saturated carbocycles. The summed E-state index contributed by atoms with van der Waals surface area (Å²) in [6.07, 6.45) is 15.3. The third-order valence-corrected chi connectivity index (χ3v) is 3.00. The molecule has 0 atom stereocenters. The molecule has 0 bridgehead atoms. The Morgan fingerprint density at radius 2 is 1.25 bits per heavy atom. The first-order chi connectivity index (χ1) is 7.81. The first kappa shape index (κ1) is 15.5. The van der Waals surface area contributed by atoms with Crippen LogP contribution in [0.4, 0.5) is 0 Å². The van der Waals surface area contributed by atoms with Crippen molar-refractivity contribution in [1.82, 2.24) is 4.90 Å². The van der Waals surface area contributed by atoms with E-state index in [0.717, 1.165) is 13.0 Å². The zero-order chi connectivity index (χ0) is 12.1. The van der Waals surface area contributed by atoms with Crippen LogP contribution in [-0.4, -0.2) is 24.9 Å². The molecular weight excluding hydrogens is 198 g/mol. The molecule has 2 nitrogen and oxygen atoms in total. The quantitative estimate of drug-likeness (QED) is 0.365. The van der Waals surface area contributed by atoms with Crippen molar-refractivity contribution in [2.45, 2.75) is 71.1 Å². The summed E-state index contributed by atoms with van der Waals surface area (Å²) in [5.41, 5.74) is 0. The van der Waals surface area contributed by atoms with Crippen molar-refractivity contribution < 1.29 is 4.79 Å². The molecule has 0 aromatic carbocycles. The zero-order valence-electron chi connectivity index (χ0n) is 11.1. The van der Waals surface area contributed by atoms with Crippen LogP contribution in [0.1, 0.15) is 71.1 Å². The standard InChI is InChI=1S/C14H28NO/c1-3-4-5-6-7-8-9-10-11-12-13-15(2)14-16/h3-13H2,1-2H3. The van der Waals surface area contributed by atoms with E-state index in [-0.39, 0.29) is 0 Å². The lowest BCUT2D eigenvalue weighted by Crippen LogP contribution is -2.16. The van der Waals surface area contributed by atoms with E-state index in [2.05, 4.69) is 6.92 Å². The van der Waals surface area contributed by atoms with Crippen molar-refractivity contribution in [1.29, 1.82) is 0 Å². The number of carbonyl (C=O) groups excluding carboxylic acids is 1. The lowest BCUT2D eigenvalue weighted by atomic mass is 10.1. The Morgan fingerprint density at radius 3 is 1.69 bits per heavy atom. The number of rotatable bonds is 12.